The molecule has 5 heteroatoms. The predicted octanol–water partition coefficient (Wildman–Crippen LogP) is 2.63. The predicted molar refractivity (Wildman–Crippen MR) is 87.2 cm³/mol. The number of benzene rings is 1. The number of amides is 1. The smallest absolute Gasteiger partial charge is 0.220 e. The zero-order valence-electron chi connectivity index (χ0n) is 13.5. The van der Waals surface area contributed by atoms with E-state index in [2.05, 4.69) is 5.32 Å². The van der Waals surface area contributed by atoms with Crippen LogP contribution in [0, 0.1) is 0 Å². The van der Waals surface area contributed by atoms with Gasteiger partial charge in [0.25, 0.3) is 0 Å². The maximum atomic E-state index is 11.9. The van der Waals surface area contributed by atoms with Crippen LogP contribution in [0.2, 0.25) is 0 Å². The summed E-state index contributed by atoms with van der Waals surface area (Å²) >= 11 is 0. The van der Waals surface area contributed by atoms with Crippen molar-refractivity contribution in [2.45, 2.75) is 31.8 Å². The second kappa shape index (κ2) is 7.83. The van der Waals surface area contributed by atoms with Gasteiger partial charge >= 0.3 is 0 Å². The van der Waals surface area contributed by atoms with Crippen molar-refractivity contribution in [3.05, 3.63) is 54.0 Å². The minimum atomic E-state index is -1.20. The molecule has 0 spiro atoms. The third kappa shape index (κ3) is 5.14. The lowest BCUT2D eigenvalue weighted by Crippen LogP contribution is -2.38. The van der Waals surface area contributed by atoms with Crippen LogP contribution in [0.5, 0.6) is 5.75 Å². The number of aryl methyl sites for hydroxylation is 1. The molecule has 5 nitrogen and oxygen atoms in total. The molecule has 0 bridgehead atoms. The number of ether oxygens (including phenoxy) is 1. The van der Waals surface area contributed by atoms with Crippen LogP contribution < -0.4 is 10.1 Å². The van der Waals surface area contributed by atoms with Gasteiger partial charge in [0.05, 0.1) is 19.9 Å². The fourth-order valence-electron chi connectivity index (χ4n) is 2.28. The van der Waals surface area contributed by atoms with E-state index >= 15 is 0 Å². The molecule has 1 aromatic carbocycles. The van der Waals surface area contributed by atoms with Gasteiger partial charge in [-0.3, -0.25) is 4.79 Å². The molecule has 1 atom stereocenters. The van der Waals surface area contributed by atoms with E-state index in [1.165, 1.54) is 11.8 Å². The van der Waals surface area contributed by atoms with Crippen molar-refractivity contribution in [1.82, 2.24) is 5.32 Å². The Labute approximate surface area is 136 Å². The minimum Gasteiger partial charge on any atom is -0.497 e. The van der Waals surface area contributed by atoms with Crippen LogP contribution >= 0.6 is 0 Å². The van der Waals surface area contributed by atoms with E-state index in [1.807, 2.05) is 24.3 Å². The zero-order chi connectivity index (χ0) is 16.7. The highest BCUT2D eigenvalue weighted by Crippen LogP contribution is 2.19. The summed E-state index contributed by atoms with van der Waals surface area (Å²) in [6.07, 6.45) is 3.49. The molecule has 2 N–H and O–H groups in total. The molecule has 0 radical (unpaired) electrons. The first-order chi connectivity index (χ1) is 11.0. The van der Waals surface area contributed by atoms with Crippen molar-refractivity contribution in [1.29, 1.82) is 0 Å². The second-order valence-corrected chi connectivity index (χ2v) is 5.73. The molecule has 0 saturated carbocycles. The lowest BCUT2D eigenvalue weighted by molar-refractivity contribution is -0.122. The van der Waals surface area contributed by atoms with E-state index in [1.54, 1.807) is 26.2 Å². The molecule has 0 aliphatic rings. The fourth-order valence-corrected chi connectivity index (χ4v) is 2.28. The first kappa shape index (κ1) is 17.1. The Kier molecular flexibility index (Phi) is 5.82. The van der Waals surface area contributed by atoms with Gasteiger partial charge in [-0.25, -0.2) is 0 Å². The fraction of sp³-hybridized carbons (Fsp3) is 0.389. The Balaban J connectivity index is 1.70. The number of furan rings is 1. The van der Waals surface area contributed by atoms with Crippen molar-refractivity contribution in [2.24, 2.45) is 0 Å². The second-order valence-electron chi connectivity index (χ2n) is 5.73. The zero-order valence-corrected chi connectivity index (χ0v) is 13.5. The molecule has 2 rings (SSSR count). The maximum Gasteiger partial charge on any atom is 0.220 e. The topological polar surface area (TPSA) is 71.7 Å². The third-order valence-corrected chi connectivity index (χ3v) is 3.71. The Morgan fingerprint density at radius 3 is 2.65 bits per heavy atom. The highest BCUT2D eigenvalue weighted by Gasteiger charge is 2.26. The summed E-state index contributed by atoms with van der Waals surface area (Å²) < 4.78 is 10.3. The van der Waals surface area contributed by atoms with Crippen molar-refractivity contribution >= 4 is 5.91 Å². The Hall–Kier alpha value is -2.27. The summed E-state index contributed by atoms with van der Waals surface area (Å²) in [5, 5.41) is 13.0. The number of nitrogens with one attached hydrogen (secondary N) is 1. The molecule has 0 saturated heterocycles. The van der Waals surface area contributed by atoms with E-state index in [-0.39, 0.29) is 12.5 Å². The molecule has 1 amide bonds. The largest absolute Gasteiger partial charge is 0.497 e. The van der Waals surface area contributed by atoms with Gasteiger partial charge < -0.3 is 19.6 Å². The van der Waals surface area contributed by atoms with Crippen LogP contribution in [-0.2, 0) is 16.8 Å². The monoisotopic (exact) mass is 317 g/mol. The third-order valence-electron chi connectivity index (χ3n) is 3.71. The van der Waals surface area contributed by atoms with Gasteiger partial charge in [0.1, 0.15) is 17.1 Å². The number of methoxy groups -OCH3 is 1. The Bertz CT molecular complexity index is 602. The Morgan fingerprint density at radius 2 is 2.04 bits per heavy atom. The minimum absolute atomic E-state index is 0.0784. The van der Waals surface area contributed by atoms with E-state index < -0.39 is 5.60 Å². The first-order valence-corrected chi connectivity index (χ1v) is 7.67. The normalized spacial score (nSPS) is 13.3. The molecule has 124 valence electrons. The number of hydrogen-bond acceptors (Lipinski definition) is 4. The Morgan fingerprint density at radius 1 is 1.30 bits per heavy atom. The lowest BCUT2D eigenvalue weighted by atomic mass is 10.0. The van der Waals surface area contributed by atoms with E-state index in [9.17, 15) is 9.90 Å². The van der Waals surface area contributed by atoms with Gasteiger partial charge in [-0.05, 0) is 49.6 Å². The highest BCUT2D eigenvalue weighted by molar-refractivity contribution is 5.75. The summed E-state index contributed by atoms with van der Waals surface area (Å²) in [5.74, 6) is 1.19. The molecule has 1 aromatic heterocycles. The van der Waals surface area contributed by atoms with Crippen LogP contribution in [0.4, 0.5) is 0 Å². The summed E-state index contributed by atoms with van der Waals surface area (Å²) in [5.41, 5.74) is -0.0315. The molecular weight excluding hydrogens is 294 g/mol. The van der Waals surface area contributed by atoms with Crippen LogP contribution in [0.15, 0.2) is 47.1 Å². The molecular formula is C18H23NO4. The van der Waals surface area contributed by atoms with Gasteiger partial charge in [-0.1, -0.05) is 12.1 Å². The quantitative estimate of drug-likeness (QED) is 0.785. The molecule has 23 heavy (non-hydrogen) atoms. The van der Waals surface area contributed by atoms with Gasteiger partial charge in [-0.15, -0.1) is 0 Å². The summed E-state index contributed by atoms with van der Waals surface area (Å²) in [4.78, 5) is 11.9. The molecule has 1 unspecified atom stereocenters. The van der Waals surface area contributed by atoms with Gasteiger partial charge in [0.15, 0.2) is 0 Å². The van der Waals surface area contributed by atoms with E-state index in [0.29, 0.717) is 12.2 Å². The van der Waals surface area contributed by atoms with Crippen molar-refractivity contribution in [3.8, 4) is 5.75 Å². The number of carbonyl (C=O) groups excluding carboxylic acids is 1. The van der Waals surface area contributed by atoms with Crippen LogP contribution in [0.1, 0.15) is 31.1 Å². The summed E-state index contributed by atoms with van der Waals surface area (Å²) in [7, 11) is 1.64. The van der Waals surface area contributed by atoms with E-state index in [4.69, 9.17) is 9.15 Å². The van der Waals surface area contributed by atoms with Gasteiger partial charge in [0, 0.05) is 6.42 Å². The standard InChI is InChI=1S/C18H23NO4/c1-18(21,16-6-4-12-23-16)13-19-17(20)7-3-5-14-8-10-15(22-2)11-9-14/h4,6,8-12,21H,3,5,7,13H2,1-2H3,(H,19,20). The maximum absolute atomic E-state index is 11.9. The molecule has 0 aliphatic carbocycles. The lowest BCUT2D eigenvalue weighted by Gasteiger charge is -2.21. The number of carbonyl (C=O) groups is 1. The highest BCUT2D eigenvalue weighted by atomic mass is 16.5. The summed E-state index contributed by atoms with van der Waals surface area (Å²) in [6, 6.07) is 11.2. The van der Waals surface area contributed by atoms with Crippen LogP contribution in [0.25, 0.3) is 0 Å². The van der Waals surface area contributed by atoms with Gasteiger partial charge in [-0.2, -0.15) is 0 Å². The molecule has 1 heterocycles. The van der Waals surface area contributed by atoms with Crippen molar-refractivity contribution < 1.29 is 19.1 Å². The number of aliphatic hydroxyl groups is 1. The number of hydrogen-bond donors (Lipinski definition) is 2. The average molecular weight is 317 g/mol. The van der Waals surface area contributed by atoms with Gasteiger partial charge in [0.2, 0.25) is 5.91 Å². The molecule has 0 fully saturated rings. The number of rotatable bonds is 8. The van der Waals surface area contributed by atoms with Crippen molar-refractivity contribution in [2.75, 3.05) is 13.7 Å². The molecule has 0 aliphatic heterocycles. The molecule has 2 aromatic rings. The summed E-state index contributed by atoms with van der Waals surface area (Å²) in [6.45, 7) is 1.74. The average Bonchev–Trinajstić information content (AvgIpc) is 3.09. The van der Waals surface area contributed by atoms with E-state index in [0.717, 1.165) is 18.6 Å². The first-order valence-electron chi connectivity index (χ1n) is 7.67. The SMILES string of the molecule is COc1ccc(CCCC(=O)NCC(C)(O)c2ccco2)cc1. The van der Waals surface area contributed by atoms with Crippen LogP contribution in [-0.4, -0.2) is 24.7 Å². The van der Waals surface area contributed by atoms with Crippen LogP contribution in [0.3, 0.4) is 0 Å². The van der Waals surface area contributed by atoms with Crippen molar-refractivity contribution in [3.63, 3.8) is 0 Å².